The van der Waals surface area contributed by atoms with E-state index >= 15 is 0 Å². The summed E-state index contributed by atoms with van der Waals surface area (Å²) in [5.74, 6) is -1.71. The number of carbonyl (C=O) groups is 2. The third-order valence-electron chi connectivity index (χ3n) is 6.63. The molecule has 3 N–H and O–H groups in total. The number of ether oxygens (including phenoxy) is 1. The Morgan fingerprint density at radius 3 is 2.08 bits per heavy atom. The number of hydrogen-bond donors (Lipinski definition) is 3. The zero-order valence-electron chi connectivity index (χ0n) is 20.9. The Morgan fingerprint density at radius 2 is 1.50 bits per heavy atom. The number of rotatable bonds is 6. The molecule has 0 bridgehead atoms. The van der Waals surface area contributed by atoms with Crippen LogP contribution >= 0.6 is 11.3 Å². The van der Waals surface area contributed by atoms with Gasteiger partial charge in [-0.1, -0.05) is 0 Å². The number of likely N-dealkylation sites (tertiary alicyclic amines) is 1. The fourth-order valence-electron chi connectivity index (χ4n) is 4.43. The second-order valence-corrected chi connectivity index (χ2v) is 10.7. The molecular weight excluding hydrogens is 547 g/mol. The van der Waals surface area contributed by atoms with Crippen molar-refractivity contribution in [1.82, 2.24) is 4.90 Å². The number of phenols is 2. The first-order chi connectivity index (χ1) is 19.0. The standard InChI is InChI=1S/C27H23NO4S.C2HF3O2/c29-19-7-1-17(2-8-19)27-25(23-12-9-20(30)13-24(23)33-27)26(31)16-3-10-21(11-4-16)32-22-14-28(15-22)18-5-6-18;3-2(4,5)1(6)7/h1-4,7-13,18,22,29-30H,5-6,14-15H2;(H,6,7). The summed E-state index contributed by atoms with van der Waals surface area (Å²) in [5.41, 5.74) is 2.04. The number of aliphatic carboxylic acids is 1. The van der Waals surface area contributed by atoms with Crippen molar-refractivity contribution in [3.63, 3.8) is 0 Å². The average molecular weight is 572 g/mol. The summed E-state index contributed by atoms with van der Waals surface area (Å²) < 4.78 is 38.6. The Labute approximate surface area is 230 Å². The number of carbonyl (C=O) groups excluding carboxylic acids is 1. The summed E-state index contributed by atoms with van der Waals surface area (Å²) in [6.45, 7) is 1.96. The molecule has 0 radical (unpaired) electrons. The lowest BCUT2D eigenvalue weighted by Gasteiger charge is -2.39. The molecular formula is C29H24F3NO6S. The van der Waals surface area contributed by atoms with Crippen LogP contribution in [0.1, 0.15) is 28.8 Å². The Balaban J connectivity index is 0.000000411. The zero-order valence-corrected chi connectivity index (χ0v) is 21.7. The SMILES string of the molecule is O=C(O)C(F)(F)F.O=C(c1ccc(OC2CN(C3CC3)C2)cc1)c1c(-c2ccc(O)cc2)sc2cc(O)ccc12. The molecule has 6 rings (SSSR count). The zero-order chi connectivity index (χ0) is 28.6. The van der Waals surface area contributed by atoms with Crippen molar-refractivity contribution in [2.24, 2.45) is 0 Å². The molecule has 40 heavy (non-hydrogen) atoms. The smallest absolute Gasteiger partial charge is 0.490 e. The molecule has 2 fully saturated rings. The number of benzene rings is 3. The van der Waals surface area contributed by atoms with E-state index in [1.165, 1.54) is 24.2 Å². The van der Waals surface area contributed by atoms with Crippen LogP contribution < -0.4 is 4.74 Å². The molecule has 1 aliphatic carbocycles. The van der Waals surface area contributed by atoms with Gasteiger partial charge in [0, 0.05) is 45.2 Å². The number of alkyl halides is 3. The highest BCUT2D eigenvalue weighted by Crippen LogP contribution is 2.41. The van der Waals surface area contributed by atoms with Crippen LogP contribution in [0.15, 0.2) is 66.7 Å². The molecule has 7 nitrogen and oxygen atoms in total. The largest absolute Gasteiger partial charge is 0.508 e. The first kappa shape index (κ1) is 27.5. The molecule has 0 unspecified atom stereocenters. The van der Waals surface area contributed by atoms with Gasteiger partial charge in [0.15, 0.2) is 5.78 Å². The number of thiophene rings is 1. The normalized spacial score (nSPS) is 15.7. The number of phenolic OH excluding ortho intramolecular Hbond substituents is 2. The van der Waals surface area contributed by atoms with Gasteiger partial charge in [0.2, 0.25) is 0 Å². The number of fused-ring (bicyclic) bond motifs is 1. The Kier molecular flexibility index (Phi) is 7.43. The number of carboxylic acid groups (broad SMARTS) is 1. The fraction of sp³-hybridized carbons (Fsp3) is 0.241. The average Bonchev–Trinajstić information content (AvgIpc) is 3.65. The maximum absolute atomic E-state index is 13.6. The first-order valence-electron chi connectivity index (χ1n) is 12.4. The second kappa shape index (κ2) is 10.8. The molecule has 0 amide bonds. The van der Waals surface area contributed by atoms with Crippen LogP contribution in [0.25, 0.3) is 20.5 Å². The molecule has 1 aromatic heterocycles. The summed E-state index contributed by atoms with van der Waals surface area (Å²) >= 11 is 1.46. The monoisotopic (exact) mass is 571 g/mol. The van der Waals surface area contributed by atoms with E-state index in [2.05, 4.69) is 4.90 Å². The van der Waals surface area contributed by atoms with Gasteiger partial charge in [-0.15, -0.1) is 11.3 Å². The van der Waals surface area contributed by atoms with Crippen LogP contribution in [-0.4, -0.2) is 63.4 Å². The van der Waals surface area contributed by atoms with E-state index in [4.69, 9.17) is 14.6 Å². The fourth-order valence-corrected chi connectivity index (χ4v) is 5.67. The van der Waals surface area contributed by atoms with Crippen LogP contribution in [-0.2, 0) is 4.79 Å². The predicted octanol–water partition coefficient (Wildman–Crippen LogP) is 6.07. The summed E-state index contributed by atoms with van der Waals surface area (Å²) in [6, 6.07) is 20.1. The third kappa shape index (κ3) is 6.05. The summed E-state index contributed by atoms with van der Waals surface area (Å²) in [5, 5.41) is 27.6. The summed E-state index contributed by atoms with van der Waals surface area (Å²) in [4.78, 5) is 25.8. The van der Waals surface area contributed by atoms with Gasteiger partial charge in [0.1, 0.15) is 23.4 Å². The molecule has 1 saturated carbocycles. The number of aromatic hydroxyl groups is 2. The lowest BCUT2D eigenvalue weighted by atomic mass is 9.97. The third-order valence-corrected chi connectivity index (χ3v) is 7.83. The van der Waals surface area contributed by atoms with Crippen LogP contribution in [0.5, 0.6) is 17.2 Å². The minimum Gasteiger partial charge on any atom is -0.508 e. The van der Waals surface area contributed by atoms with Crippen molar-refractivity contribution in [2.45, 2.75) is 31.2 Å². The molecule has 0 atom stereocenters. The molecule has 2 aliphatic rings. The van der Waals surface area contributed by atoms with Gasteiger partial charge in [-0.25, -0.2) is 4.79 Å². The highest BCUT2D eigenvalue weighted by atomic mass is 32.1. The molecule has 0 spiro atoms. The van der Waals surface area contributed by atoms with E-state index < -0.39 is 12.1 Å². The predicted molar refractivity (Wildman–Crippen MR) is 143 cm³/mol. The molecule has 1 saturated heterocycles. The van der Waals surface area contributed by atoms with Crippen molar-refractivity contribution < 1.29 is 42.8 Å². The van der Waals surface area contributed by atoms with E-state index in [0.717, 1.165) is 45.4 Å². The summed E-state index contributed by atoms with van der Waals surface area (Å²) in [6.07, 6.45) is -2.24. The minimum atomic E-state index is -5.08. The lowest BCUT2D eigenvalue weighted by Crippen LogP contribution is -2.54. The van der Waals surface area contributed by atoms with Crippen molar-refractivity contribution in [3.05, 3.63) is 77.9 Å². The number of carboxylic acids is 1. The highest BCUT2D eigenvalue weighted by molar-refractivity contribution is 7.22. The number of halogens is 3. The number of nitrogens with zero attached hydrogens (tertiary/aromatic N) is 1. The molecule has 4 aromatic rings. The summed E-state index contributed by atoms with van der Waals surface area (Å²) in [7, 11) is 0. The Morgan fingerprint density at radius 1 is 0.900 bits per heavy atom. The van der Waals surface area contributed by atoms with E-state index in [1.807, 2.05) is 24.3 Å². The maximum atomic E-state index is 13.6. The van der Waals surface area contributed by atoms with Gasteiger partial charge >= 0.3 is 12.1 Å². The number of ketones is 1. The van der Waals surface area contributed by atoms with Gasteiger partial charge in [-0.05, 0) is 85.1 Å². The van der Waals surface area contributed by atoms with E-state index in [9.17, 15) is 28.2 Å². The van der Waals surface area contributed by atoms with Crippen molar-refractivity contribution >= 4 is 33.2 Å². The molecule has 1 aliphatic heterocycles. The van der Waals surface area contributed by atoms with E-state index in [-0.39, 0.29) is 23.4 Å². The van der Waals surface area contributed by atoms with Gasteiger partial charge in [-0.3, -0.25) is 9.69 Å². The van der Waals surface area contributed by atoms with Crippen molar-refractivity contribution in [3.8, 4) is 27.7 Å². The van der Waals surface area contributed by atoms with Gasteiger partial charge in [0.05, 0.1) is 0 Å². The van der Waals surface area contributed by atoms with Gasteiger partial charge in [-0.2, -0.15) is 13.2 Å². The second-order valence-electron chi connectivity index (χ2n) is 9.61. The van der Waals surface area contributed by atoms with Gasteiger partial charge in [0.25, 0.3) is 0 Å². The molecule has 2 heterocycles. The van der Waals surface area contributed by atoms with Crippen LogP contribution in [0, 0.1) is 0 Å². The number of hydrogen-bond acceptors (Lipinski definition) is 7. The van der Waals surface area contributed by atoms with Gasteiger partial charge < -0.3 is 20.1 Å². The van der Waals surface area contributed by atoms with Crippen LogP contribution in [0.3, 0.4) is 0 Å². The minimum absolute atomic E-state index is 0.0786. The highest BCUT2D eigenvalue weighted by Gasteiger charge is 2.39. The molecule has 11 heteroatoms. The van der Waals surface area contributed by atoms with Crippen molar-refractivity contribution in [2.75, 3.05) is 13.1 Å². The molecule has 208 valence electrons. The Hall–Kier alpha value is -4.09. The molecule has 3 aromatic carbocycles. The van der Waals surface area contributed by atoms with E-state index in [1.54, 1.807) is 42.5 Å². The van der Waals surface area contributed by atoms with Crippen LogP contribution in [0.2, 0.25) is 0 Å². The van der Waals surface area contributed by atoms with Crippen molar-refractivity contribution in [1.29, 1.82) is 0 Å². The van der Waals surface area contributed by atoms with Crippen LogP contribution in [0.4, 0.5) is 13.2 Å². The Bertz CT molecular complexity index is 1540. The lowest BCUT2D eigenvalue weighted by molar-refractivity contribution is -0.192. The topological polar surface area (TPSA) is 107 Å². The quantitative estimate of drug-likeness (QED) is 0.241. The maximum Gasteiger partial charge on any atom is 0.490 e. The van der Waals surface area contributed by atoms with E-state index in [0.29, 0.717) is 11.1 Å². The first-order valence-corrected chi connectivity index (χ1v) is 13.2.